The summed E-state index contributed by atoms with van der Waals surface area (Å²) in [4.78, 5) is 48.1. The van der Waals surface area contributed by atoms with Crippen molar-refractivity contribution in [3.05, 3.63) is 64.2 Å². The van der Waals surface area contributed by atoms with Crippen molar-refractivity contribution >= 4 is 35.5 Å². The minimum Gasteiger partial charge on any atom is -0.490 e. The van der Waals surface area contributed by atoms with Crippen LogP contribution in [0.15, 0.2) is 42.5 Å². The van der Waals surface area contributed by atoms with Crippen molar-refractivity contribution in [3.8, 4) is 5.75 Å². The molecule has 0 spiro atoms. The fourth-order valence-electron chi connectivity index (χ4n) is 6.26. The molecule has 0 amide bonds. The summed E-state index contributed by atoms with van der Waals surface area (Å²) >= 11 is 6.62. The van der Waals surface area contributed by atoms with Crippen molar-refractivity contribution in [3.63, 3.8) is 0 Å². The Balaban J connectivity index is 1.41. The first-order valence-corrected chi connectivity index (χ1v) is 15.2. The highest BCUT2D eigenvalue weighted by atomic mass is 35.5. The summed E-state index contributed by atoms with van der Waals surface area (Å²) in [7, 11) is 0. The van der Waals surface area contributed by atoms with Gasteiger partial charge in [-0.2, -0.15) is 0 Å². The van der Waals surface area contributed by atoms with Gasteiger partial charge in [-0.15, -0.1) is 0 Å². The van der Waals surface area contributed by atoms with Crippen LogP contribution in [0.1, 0.15) is 69.8 Å². The molecular formula is C33H37ClO10. The molecule has 2 aromatic carbocycles. The van der Waals surface area contributed by atoms with Crippen LogP contribution >= 0.6 is 11.6 Å². The molecule has 2 saturated carbocycles. The number of hydrogen-bond donors (Lipinski definition) is 0. The Kier molecular flexibility index (Phi) is 9.80. The second-order valence-corrected chi connectivity index (χ2v) is 12.2. The third kappa shape index (κ3) is 7.90. The number of carbonyl (C=O) groups is 4. The van der Waals surface area contributed by atoms with E-state index in [2.05, 4.69) is 0 Å². The predicted molar refractivity (Wildman–Crippen MR) is 157 cm³/mol. The summed E-state index contributed by atoms with van der Waals surface area (Å²) < 4.78 is 34.4. The van der Waals surface area contributed by atoms with Gasteiger partial charge in [-0.25, -0.2) is 0 Å². The van der Waals surface area contributed by atoms with Gasteiger partial charge >= 0.3 is 23.9 Å². The number of rotatable bonds is 10. The maximum atomic E-state index is 12.2. The number of ether oxygens (including phenoxy) is 6. The van der Waals surface area contributed by atoms with Crippen LogP contribution in [0.2, 0.25) is 5.02 Å². The molecule has 0 N–H and O–H groups in total. The molecule has 1 aliphatic heterocycles. The molecular weight excluding hydrogens is 592 g/mol. The lowest BCUT2D eigenvalue weighted by molar-refractivity contribution is -0.254. The van der Waals surface area contributed by atoms with E-state index in [4.69, 9.17) is 40.0 Å². The molecule has 2 aromatic rings. The molecule has 1 saturated heterocycles. The van der Waals surface area contributed by atoms with Crippen molar-refractivity contribution in [1.29, 1.82) is 0 Å². The van der Waals surface area contributed by atoms with Crippen LogP contribution in [0, 0.1) is 11.8 Å². The summed E-state index contributed by atoms with van der Waals surface area (Å²) in [5.74, 6) is -0.0850. The zero-order valence-corrected chi connectivity index (χ0v) is 25.9. The Hall–Kier alpha value is -3.63. The second kappa shape index (κ2) is 13.6. The number of esters is 4. The second-order valence-electron chi connectivity index (χ2n) is 11.8. The van der Waals surface area contributed by atoms with Crippen LogP contribution in [-0.4, -0.2) is 61.0 Å². The molecule has 5 rings (SSSR count). The minimum atomic E-state index is -1.25. The Labute approximate surface area is 261 Å². The topological polar surface area (TPSA) is 124 Å². The molecule has 11 heteroatoms. The molecule has 10 nitrogen and oxygen atoms in total. The van der Waals surface area contributed by atoms with Crippen LogP contribution in [-0.2, 0) is 49.3 Å². The van der Waals surface area contributed by atoms with E-state index >= 15 is 0 Å². The molecule has 0 aromatic heterocycles. The Morgan fingerprint density at radius 3 is 2.00 bits per heavy atom. The molecule has 0 radical (unpaired) electrons. The number of benzene rings is 2. The van der Waals surface area contributed by atoms with E-state index < -0.39 is 54.4 Å². The van der Waals surface area contributed by atoms with Gasteiger partial charge < -0.3 is 28.4 Å². The van der Waals surface area contributed by atoms with E-state index in [1.54, 1.807) is 12.1 Å². The highest BCUT2D eigenvalue weighted by molar-refractivity contribution is 6.31. The van der Waals surface area contributed by atoms with E-state index in [1.165, 1.54) is 34.1 Å². The van der Waals surface area contributed by atoms with Crippen molar-refractivity contribution in [2.75, 3.05) is 6.61 Å². The average Bonchev–Trinajstić information content (AvgIpc) is 3.56. The smallest absolute Gasteiger partial charge is 0.303 e. The van der Waals surface area contributed by atoms with Gasteiger partial charge in [0.15, 0.2) is 18.3 Å². The molecule has 236 valence electrons. The van der Waals surface area contributed by atoms with E-state index in [-0.39, 0.29) is 12.7 Å². The van der Waals surface area contributed by atoms with Crippen LogP contribution in [0.5, 0.6) is 5.75 Å². The molecule has 3 aliphatic rings. The van der Waals surface area contributed by atoms with Gasteiger partial charge in [-0.05, 0) is 72.4 Å². The predicted octanol–water partition coefficient (Wildman–Crippen LogP) is 4.91. The SMILES string of the molecule is CC(=O)OC[C@H]1O[C@@H](c2ccc(Cl)c(Cc3ccc(OC4CC5C[C@@H]5C4)cc3)c2)[C@H](OC(C)=O)[C@@H](OC(C)=O)[C@@H]1OC(C)=O. The normalized spacial score (nSPS) is 28.8. The van der Waals surface area contributed by atoms with Gasteiger partial charge in [0.05, 0.1) is 6.10 Å². The lowest BCUT2D eigenvalue weighted by atomic mass is 9.89. The third-order valence-corrected chi connectivity index (χ3v) is 8.58. The van der Waals surface area contributed by atoms with Crippen molar-refractivity contribution < 1.29 is 47.6 Å². The summed E-state index contributed by atoms with van der Waals surface area (Å²) in [6.07, 6.45) is -1.31. The maximum Gasteiger partial charge on any atom is 0.303 e. The van der Waals surface area contributed by atoms with Gasteiger partial charge in [0.25, 0.3) is 0 Å². The zero-order valence-electron chi connectivity index (χ0n) is 25.2. The first-order chi connectivity index (χ1) is 21.0. The molecule has 44 heavy (non-hydrogen) atoms. The van der Waals surface area contributed by atoms with Gasteiger partial charge in [0.2, 0.25) is 0 Å². The first-order valence-electron chi connectivity index (χ1n) is 14.8. The van der Waals surface area contributed by atoms with E-state index in [0.717, 1.165) is 41.6 Å². The maximum absolute atomic E-state index is 12.2. The van der Waals surface area contributed by atoms with Gasteiger partial charge in [-0.1, -0.05) is 35.9 Å². The molecule has 1 heterocycles. The lowest BCUT2D eigenvalue weighted by Gasteiger charge is -2.44. The fraction of sp³-hybridized carbons (Fsp3) is 0.515. The number of fused-ring (bicyclic) bond motifs is 1. The summed E-state index contributed by atoms with van der Waals surface area (Å²) in [6.45, 7) is 4.51. The van der Waals surface area contributed by atoms with Gasteiger partial charge in [0.1, 0.15) is 24.6 Å². The van der Waals surface area contributed by atoms with Crippen LogP contribution in [0.25, 0.3) is 0 Å². The standard InChI is InChI=1S/C33H37ClO10/c1-17(35)39-16-29-31(40-18(2)36)33(42-20(4)38)32(41-19(3)37)30(44-29)22-7-10-28(34)25(12-22)11-21-5-8-26(9-6-21)43-27-14-23-13-24(23)15-27/h5-10,12,23-24,27,29-33H,11,13-16H2,1-4H3/t23-,24?,27?,29-,30+,31-,32+,33+/m1/s1. The van der Waals surface area contributed by atoms with E-state index in [1.807, 2.05) is 30.3 Å². The van der Waals surface area contributed by atoms with Crippen LogP contribution in [0.4, 0.5) is 0 Å². The average molecular weight is 629 g/mol. The summed E-state index contributed by atoms with van der Waals surface area (Å²) in [5, 5.41) is 0.518. The zero-order chi connectivity index (χ0) is 31.5. The fourth-order valence-corrected chi connectivity index (χ4v) is 6.44. The van der Waals surface area contributed by atoms with Gasteiger partial charge in [0, 0.05) is 32.7 Å². The van der Waals surface area contributed by atoms with Gasteiger partial charge in [-0.3, -0.25) is 19.2 Å². The molecule has 8 atom stereocenters. The monoisotopic (exact) mass is 628 g/mol. The highest BCUT2D eigenvalue weighted by Crippen LogP contribution is 2.52. The quantitative estimate of drug-likeness (QED) is 0.265. The third-order valence-electron chi connectivity index (χ3n) is 8.21. The Morgan fingerprint density at radius 2 is 1.39 bits per heavy atom. The van der Waals surface area contributed by atoms with Crippen molar-refractivity contribution in [1.82, 2.24) is 0 Å². The summed E-state index contributed by atoms with van der Waals surface area (Å²) in [5.41, 5.74) is 2.36. The Morgan fingerprint density at radius 1 is 0.773 bits per heavy atom. The number of hydrogen-bond acceptors (Lipinski definition) is 10. The van der Waals surface area contributed by atoms with Crippen molar-refractivity contribution in [2.24, 2.45) is 11.8 Å². The number of halogens is 1. The minimum absolute atomic E-state index is 0.289. The molecule has 0 bridgehead atoms. The van der Waals surface area contributed by atoms with E-state index in [9.17, 15) is 19.2 Å². The molecule has 2 unspecified atom stereocenters. The number of carbonyl (C=O) groups excluding carboxylic acids is 4. The summed E-state index contributed by atoms with van der Waals surface area (Å²) in [6, 6.07) is 13.2. The van der Waals surface area contributed by atoms with Crippen LogP contribution < -0.4 is 4.74 Å². The molecule has 3 fully saturated rings. The Bertz CT molecular complexity index is 1380. The largest absolute Gasteiger partial charge is 0.490 e. The first kappa shape index (κ1) is 31.8. The van der Waals surface area contributed by atoms with Crippen molar-refractivity contribution in [2.45, 2.75) is 90.0 Å². The lowest BCUT2D eigenvalue weighted by Crippen LogP contribution is -2.59. The van der Waals surface area contributed by atoms with E-state index in [0.29, 0.717) is 17.0 Å². The highest BCUT2D eigenvalue weighted by Gasteiger charge is 2.52. The molecule has 2 aliphatic carbocycles. The van der Waals surface area contributed by atoms with Crippen LogP contribution in [0.3, 0.4) is 0 Å².